The second-order valence-corrected chi connectivity index (χ2v) is 5.14. The van der Waals surface area contributed by atoms with Crippen LogP contribution in [0.5, 0.6) is 0 Å². The summed E-state index contributed by atoms with van der Waals surface area (Å²) in [6.07, 6.45) is 1.27. The van der Waals surface area contributed by atoms with Gasteiger partial charge in [0.05, 0.1) is 4.47 Å². The van der Waals surface area contributed by atoms with E-state index in [2.05, 4.69) is 25.9 Å². The Bertz CT molecular complexity index is 568. The van der Waals surface area contributed by atoms with Crippen molar-refractivity contribution in [2.45, 2.75) is 9.92 Å². The molecule has 0 fully saturated rings. The second kappa shape index (κ2) is 5.29. The lowest BCUT2D eigenvalue weighted by Crippen LogP contribution is -1.88. The van der Waals surface area contributed by atoms with E-state index in [-0.39, 0.29) is 10.0 Å². The normalized spacial score (nSPS) is 10.6. The zero-order chi connectivity index (χ0) is 12.4. The van der Waals surface area contributed by atoms with E-state index in [4.69, 9.17) is 11.6 Å². The first kappa shape index (κ1) is 12.7. The summed E-state index contributed by atoms with van der Waals surface area (Å²) >= 11 is 10.0. The van der Waals surface area contributed by atoms with Crippen molar-refractivity contribution in [1.29, 1.82) is 0 Å². The quantitative estimate of drug-likeness (QED) is 0.763. The van der Waals surface area contributed by atoms with E-state index in [0.29, 0.717) is 9.50 Å². The molecule has 0 amide bonds. The van der Waals surface area contributed by atoms with Crippen LogP contribution in [0.15, 0.2) is 38.9 Å². The first-order chi connectivity index (χ1) is 8.08. The third-order valence-corrected chi connectivity index (χ3v) is 4.40. The van der Waals surface area contributed by atoms with E-state index >= 15 is 0 Å². The highest BCUT2D eigenvalue weighted by atomic mass is 79.9. The maximum Gasteiger partial charge on any atom is 0.147 e. The van der Waals surface area contributed by atoms with E-state index in [1.165, 1.54) is 18.5 Å². The Morgan fingerprint density at radius 2 is 2.00 bits per heavy atom. The summed E-state index contributed by atoms with van der Waals surface area (Å²) < 4.78 is 26.6. The van der Waals surface area contributed by atoms with Gasteiger partial charge in [-0.25, -0.2) is 18.7 Å². The first-order valence-electron chi connectivity index (χ1n) is 4.37. The molecule has 0 saturated carbocycles. The summed E-state index contributed by atoms with van der Waals surface area (Å²) in [6, 6.07) is 3.35. The van der Waals surface area contributed by atoms with Crippen LogP contribution in [0, 0.1) is 11.6 Å². The van der Waals surface area contributed by atoms with Gasteiger partial charge < -0.3 is 0 Å². The molecular weight excluding hydrogens is 334 g/mol. The predicted molar refractivity (Wildman–Crippen MR) is 65.2 cm³/mol. The smallest absolute Gasteiger partial charge is 0.147 e. The standard InChI is InChI=1S/C10H4BrClF2N2S/c11-8-9(12)15-4-16-10(8)17-7-2-1-5(13)3-6(7)14/h1-4H. The van der Waals surface area contributed by atoms with Crippen LogP contribution in [0.1, 0.15) is 0 Å². The second-order valence-electron chi connectivity index (χ2n) is 2.96. The Hall–Kier alpha value is -0.720. The summed E-state index contributed by atoms with van der Waals surface area (Å²) in [4.78, 5) is 7.98. The molecule has 0 N–H and O–H groups in total. The third kappa shape index (κ3) is 2.94. The molecule has 0 aliphatic carbocycles. The Labute approximate surface area is 114 Å². The summed E-state index contributed by atoms with van der Waals surface area (Å²) in [6.45, 7) is 0. The number of nitrogens with zero attached hydrogens (tertiary/aromatic N) is 2. The van der Waals surface area contributed by atoms with Gasteiger partial charge in [-0.05, 0) is 28.1 Å². The van der Waals surface area contributed by atoms with Gasteiger partial charge in [0.25, 0.3) is 0 Å². The molecule has 0 saturated heterocycles. The molecule has 1 aromatic carbocycles. The van der Waals surface area contributed by atoms with Gasteiger partial charge in [0.1, 0.15) is 28.1 Å². The molecule has 2 nitrogen and oxygen atoms in total. The van der Waals surface area contributed by atoms with Crippen LogP contribution in [0.3, 0.4) is 0 Å². The number of aromatic nitrogens is 2. The molecule has 0 radical (unpaired) electrons. The highest BCUT2D eigenvalue weighted by Crippen LogP contribution is 2.35. The van der Waals surface area contributed by atoms with Crippen molar-refractivity contribution >= 4 is 39.3 Å². The predicted octanol–water partition coefficient (Wildman–Crippen LogP) is 4.32. The molecule has 0 aliphatic rings. The maximum atomic E-state index is 13.4. The molecule has 0 atom stereocenters. The van der Waals surface area contributed by atoms with Gasteiger partial charge in [0.15, 0.2) is 0 Å². The van der Waals surface area contributed by atoms with Gasteiger partial charge in [-0.15, -0.1) is 0 Å². The van der Waals surface area contributed by atoms with Gasteiger partial charge in [0, 0.05) is 11.0 Å². The fraction of sp³-hybridized carbons (Fsp3) is 0. The molecule has 2 aromatic rings. The first-order valence-corrected chi connectivity index (χ1v) is 6.35. The minimum Gasteiger partial charge on any atom is -0.228 e. The molecule has 0 bridgehead atoms. The van der Waals surface area contributed by atoms with Crippen molar-refractivity contribution < 1.29 is 8.78 Å². The fourth-order valence-electron chi connectivity index (χ4n) is 1.07. The molecular formula is C10H4BrClF2N2S. The van der Waals surface area contributed by atoms with Crippen LogP contribution in [-0.4, -0.2) is 9.97 Å². The zero-order valence-corrected chi connectivity index (χ0v) is 11.3. The molecule has 0 aliphatic heterocycles. The van der Waals surface area contributed by atoms with Crippen molar-refractivity contribution in [1.82, 2.24) is 9.97 Å². The minimum absolute atomic E-state index is 0.241. The lowest BCUT2D eigenvalue weighted by atomic mass is 10.3. The maximum absolute atomic E-state index is 13.4. The number of halogens is 4. The van der Waals surface area contributed by atoms with Crippen LogP contribution in [0.4, 0.5) is 8.78 Å². The summed E-state index contributed by atoms with van der Waals surface area (Å²) in [5, 5.41) is 0.709. The van der Waals surface area contributed by atoms with Crippen LogP contribution in [-0.2, 0) is 0 Å². The van der Waals surface area contributed by atoms with Gasteiger partial charge in [-0.1, -0.05) is 23.4 Å². The lowest BCUT2D eigenvalue weighted by molar-refractivity contribution is 0.565. The summed E-state index contributed by atoms with van der Waals surface area (Å²) in [5.41, 5.74) is 0. The molecule has 1 heterocycles. The topological polar surface area (TPSA) is 25.8 Å². The monoisotopic (exact) mass is 336 g/mol. The molecule has 17 heavy (non-hydrogen) atoms. The highest BCUT2D eigenvalue weighted by Gasteiger charge is 2.11. The number of benzene rings is 1. The Morgan fingerprint density at radius 3 is 2.71 bits per heavy atom. The average Bonchev–Trinajstić information content (AvgIpc) is 2.28. The molecule has 2 rings (SSSR count). The van der Waals surface area contributed by atoms with Gasteiger partial charge >= 0.3 is 0 Å². The molecule has 88 valence electrons. The van der Waals surface area contributed by atoms with Crippen molar-refractivity contribution in [2.75, 3.05) is 0 Å². The number of rotatable bonds is 2. The Kier molecular flexibility index (Phi) is 3.96. The highest BCUT2D eigenvalue weighted by molar-refractivity contribution is 9.10. The number of hydrogen-bond acceptors (Lipinski definition) is 3. The van der Waals surface area contributed by atoms with Crippen LogP contribution in [0.25, 0.3) is 0 Å². The van der Waals surface area contributed by atoms with Crippen molar-refractivity contribution in [3.8, 4) is 0 Å². The Balaban J connectivity index is 2.35. The minimum atomic E-state index is -0.642. The molecule has 0 unspecified atom stereocenters. The van der Waals surface area contributed by atoms with E-state index in [1.807, 2.05) is 0 Å². The summed E-state index contributed by atoms with van der Waals surface area (Å²) in [5.74, 6) is -1.26. The molecule has 7 heteroatoms. The van der Waals surface area contributed by atoms with Crippen molar-refractivity contribution in [3.05, 3.63) is 45.8 Å². The summed E-state index contributed by atoms with van der Waals surface area (Å²) in [7, 11) is 0. The van der Waals surface area contributed by atoms with Crippen LogP contribution in [0.2, 0.25) is 5.15 Å². The zero-order valence-electron chi connectivity index (χ0n) is 8.12. The van der Waals surface area contributed by atoms with Crippen LogP contribution < -0.4 is 0 Å². The van der Waals surface area contributed by atoms with Crippen molar-refractivity contribution in [2.24, 2.45) is 0 Å². The lowest BCUT2D eigenvalue weighted by Gasteiger charge is -2.04. The molecule has 0 spiro atoms. The van der Waals surface area contributed by atoms with Crippen LogP contribution >= 0.6 is 39.3 Å². The third-order valence-electron chi connectivity index (χ3n) is 1.82. The largest absolute Gasteiger partial charge is 0.228 e. The fourth-order valence-corrected chi connectivity index (χ4v) is 2.49. The SMILES string of the molecule is Fc1ccc(Sc2ncnc(Cl)c2Br)c(F)c1. The van der Waals surface area contributed by atoms with E-state index in [0.717, 1.165) is 17.8 Å². The average molecular weight is 338 g/mol. The van der Waals surface area contributed by atoms with E-state index in [1.54, 1.807) is 0 Å². The van der Waals surface area contributed by atoms with E-state index < -0.39 is 11.6 Å². The van der Waals surface area contributed by atoms with Gasteiger partial charge in [-0.2, -0.15) is 0 Å². The van der Waals surface area contributed by atoms with Gasteiger partial charge in [0.2, 0.25) is 0 Å². The van der Waals surface area contributed by atoms with Gasteiger partial charge in [-0.3, -0.25) is 0 Å². The van der Waals surface area contributed by atoms with Crippen molar-refractivity contribution in [3.63, 3.8) is 0 Å². The van der Waals surface area contributed by atoms with E-state index in [9.17, 15) is 8.78 Å². The Morgan fingerprint density at radius 1 is 1.24 bits per heavy atom. The molecule has 1 aromatic heterocycles. The number of hydrogen-bond donors (Lipinski definition) is 0.